The third-order valence-corrected chi connectivity index (χ3v) is 5.53. The molecule has 1 fully saturated rings. The number of fused-ring (bicyclic) bond motifs is 1. The SMILES string of the molecule is Cc1nc(C(=O)N(C)C)nc(N2CC[C@@H](NCc3ccc4nc[nH]c4c3)C2)c1C. The molecule has 1 saturated heterocycles. The topological polar surface area (TPSA) is 90.0 Å². The highest BCUT2D eigenvalue weighted by Crippen LogP contribution is 2.24. The van der Waals surface area contributed by atoms with E-state index in [0.29, 0.717) is 6.04 Å². The van der Waals surface area contributed by atoms with Crippen LogP contribution in [-0.2, 0) is 6.54 Å². The second-order valence-electron chi connectivity index (χ2n) is 7.85. The first kappa shape index (κ1) is 19.3. The zero-order valence-electron chi connectivity index (χ0n) is 17.4. The Labute approximate surface area is 170 Å². The number of anilines is 1. The molecular weight excluding hydrogens is 366 g/mol. The number of nitrogens with one attached hydrogen (secondary N) is 2. The summed E-state index contributed by atoms with van der Waals surface area (Å²) in [6.45, 7) is 6.53. The van der Waals surface area contributed by atoms with E-state index in [4.69, 9.17) is 0 Å². The van der Waals surface area contributed by atoms with E-state index in [2.05, 4.69) is 42.3 Å². The number of rotatable bonds is 5. The maximum Gasteiger partial charge on any atom is 0.291 e. The number of amides is 1. The van der Waals surface area contributed by atoms with Gasteiger partial charge in [0, 0.05) is 51.0 Å². The van der Waals surface area contributed by atoms with Crippen LogP contribution in [0.25, 0.3) is 11.0 Å². The van der Waals surface area contributed by atoms with E-state index in [-0.39, 0.29) is 11.7 Å². The smallest absolute Gasteiger partial charge is 0.291 e. The molecule has 1 aromatic carbocycles. The Morgan fingerprint density at radius 2 is 2.14 bits per heavy atom. The normalized spacial score (nSPS) is 16.6. The molecule has 0 aliphatic carbocycles. The third-order valence-electron chi connectivity index (χ3n) is 5.53. The van der Waals surface area contributed by atoms with Crippen LogP contribution < -0.4 is 10.2 Å². The molecule has 2 aromatic heterocycles. The van der Waals surface area contributed by atoms with Crippen molar-refractivity contribution in [2.75, 3.05) is 32.1 Å². The van der Waals surface area contributed by atoms with Gasteiger partial charge in [-0.15, -0.1) is 0 Å². The Balaban J connectivity index is 1.44. The van der Waals surface area contributed by atoms with Crippen molar-refractivity contribution in [1.29, 1.82) is 0 Å². The quantitative estimate of drug-likeness (QED) is 0.689. The molecule has 0 unspecified atom stereocenters. The minimum atomic E-state index is -0.169. The number of hydrogen-bond acceptors (Lipinski definition) is 6. The Kier molecular flexibility index (Phi) is 5.19. The van der Waals surface area contributed by atoms with Gasteiger partial charge in [0.15, 0.2) is 0 Å². The molecule has 2 N–H and O–H groups in total. The van der Waals surface area contributed by atoms with Gasteiger partial charge in [0.2, 0.25) is 5.82 Å². The van der Waals surface area contributed by atoms with Crippen molar-refractivity contribution >= 4 is 22.8 Å². The van der Waals surface area contributed by atoms with E-state index < -0.39 is 0 Å². The molecule has 8 nitrogen and oxygen atoms in total. The summed E-state index contributed by atoms with van der Waals surface area (Å²) in [5.41, 5.74) is 5.16. The van der Waals surface area contributed by atoms with Crippen molar-refractivity contribution in [3.05, 3.63) is 47.2 Å². The van der Waals surface area contributed by atoms with E-state index in [1.807, 2.05) is 19.9 Å². The van der Waals surface area contributed by atoms with Crippen LogP contribution in [-0.4, -0.2) is 64.0 Å². The minimum Gasteiger partial charge on any atom is -0.355 e. The number of H-pyrrole nitrogens is 1. The molecule has 29 heavy (non-hydrogen) atoms. The monoisotopic (exact) mass is 393 g/mol. The lowest BCUT2D eigenvalue weighted by Gasteiger charge is -2.22. The first-order valence-corrected chi connectivity index (χ1v) is 9.89. The number of aromatic nitrogens is 4. The molecule has 4 rings (SSSR count). The van der Waals surface area contributed by atoms with Crippen molar-refractivity contribution in [2.24, 2.45) is 0 Å². The van der Waals surface area contributed by atoms with Crippen molar-refractivity contribution in [2.45, 2.75) is 32.9 Å². The van der Waals surface area contributed by atoms with Gasteiger partial charge in [-0.2, -0.15) is 0 Å². The lowest BCUT2D eigenvalue weighted by Crippen LogP contribution is -2.33. The number of imidazole rings is 1. The molecule has 152 valence electrons. The Morgan fingerprint density at radius 1 is 1.31 bits per heavy atom. The lowest BCUT2D eigenvalue weighted by atomic mass is 10.2. The number of hydrogen-bond donors (Lipinski definition) is 2. The standard InChI is InChI=1S/C21H27N7O/c1-13-14(2)25-19(21(29)27(3)4)26-20(13)28-8-7-16(11-28)22-10-15-5-6-17-18(9-15)24-12-23-17/h5-6,9,12,16,22H,7-8,10-11H2,1-4H3,(H,23,24)/t16-/m1/s1. The molecule has 1 aliphatic heterocycles. The van der Waals surface area contributed by atoms with Gasteiger partial charge in [-0.25, -0.2) is 15.0 Å². The van der Waals surface area contributed by atoms with E-state index in [9.17, 15) is 4.79 Å². The van der Waals surface area contributed by atoms with E-state index in [1.165, 1.54) is 10.5 Å². The highest BCUT2D eigenvalue weighted by molar-refractivity contribution is 5.90. The summed E-state index contributed by atoms with van der Waals surface area (Å²) in [6.07, 6.45) is 2.75. The number of benzene rings is 1. The largest absolute Gasteiger partial charge is 0.355 e. The van der Waals surface area contributed by atoms with Crippen molar-refractivity contribution in [1.82, 2.24) is 30.2 Å². The van der Waals surface area contributed by atoms with Gasteiger partial charge in [-0.05, 0) is 38.0 Å². The summed E-state index contributed by atoms with van der Waals surface area (Å²) in [7, 11) is 3.44. The molecule has 1 aliphatic rings. The van der Waals surface area contributed by atoms with Crippen LogP contribution in [0.5, 0.6) is 0 Å². The summed E-state index contributed by atoms with van der Waals surface area (Å²) < 4.78 is 0. The van der Waals surface area contributed by atoms with Crippen LogP contribution in [0.2, 0.25) is 0 Å². The minimum absolute atomic E-state index is 0.169. The predicted molar refractivity (Wildman–Crippen MR) is 113 cm³/mol. The molecule has 1 amide bonds. The van der Waals surface area contributed by atoms with Gasteiger partial charge >= 0.3 is 0 Å². The summed E-state index contributed by atoms with van der Waals surface area (Å²) in [5.74, 6) is 0.959. The summed E-state index contributed by atoms with van der Waals surface area (Å²) >= 11 is 0. The number of nitrogens with zero attached hydrogens (tertiary/aromatic N) is 5. The second kappa shape index (κ2) is 7.79. The zero-order chi connectivity index (χ0) is 20.5. The van der Waals surface area contributed by atoms with Gasteiger partial charge in [0.25, 0.3) is 5.91 Å². The summed E-state index contributed by atoms with van der Waals surface area (Å²) in [6, 6.07) is 6.66. The maximum atomic E-state index is 12.3. The Morgan fingerprint density at radius 3 is 2.93 bits per heavy atom. The van der Waals surface area contributed by atoms with E-state index in [0.717, 1.165) is 54.2 Å². The summed E-state index contributed by atoms with van der Waals surface area (Å²) in [5, 5.41) is 3.65. The van der Waals surface area contributed by atoms with Crippen LogP contribution in [0.3, 0.4) is 0 Å². The molecule has 8 heteroatoms. The van der Waals surface area contributed by atoms with Crippen LogP contribution in [0.4, 0.5) is 5.82 Å². The highest BCUT2D eigenvalue weighted by Gasteiger charge is 2.26. The van der Waals surface area contributed by atoms with Crippen molar-refractivity contribution in [3.63, 3.8) is 0 Å². The fourth-order valence-electron chi connectivity index (χ4n) is 3.69. The van der Waals surface area contributed by atoms with E-state index in [1.54, 1.807) is 20.4 Å². The Bertz CT molecular complexity index is 1040. The van der Waals surface area contributed by atoms with Gasteiger partial charge < -0.3 is 20.1 Å². The first-order valence-electron chi connectivity index (χ1n) is 9.89. The average molecular weight is 393 g/mol. The number of carbonyl (C=O) groups excluding carboxylic acids is 1. The predicted octanol–water partition coefficient (Wildman–Crippen LogP) is 2.04. The average Bonchev–Trinajstić information content (AvgIpc) is 3.36. The number of aromatic amines is 1. The molecule has 0 saturated carbocycles. The van der Waals surface area contributed by atoms with Crippen LogP contribution >= 0.6 is 0 Å². The molecule has 3 aromatic rings. The van der Waals surface area contributed by atoms with Gasteiger partial charge in [-0.1, -0.05) is 6.07 Å². The molecule has 0 radical (unpaired) electrons. The fraction of sp³-hybridized carbons (Fsp3) is 0.429. The molecule has 3 heterocycles. The highest BCUT2D eigenvalue weighted by atomic mass is 16.2. The zero-order valence-corrected chi connectivity index (χ0v) is 17.4. The maximum absolute atomic E-state index is 12.3. The van der Waals surface area contributed by atoms with Crippen molar-refractivity contribution in [3.8, 4) is 0 Å². The number of carbonyl (C=O) groups is 1. The van der Waals surface area contributed by atoms with Crippen LogP contribution in [0, 0.1) is 13.8 Å². The first-order chi connectivity index (χ1) is 13.9. The van der Waals surface area contributed by atoms with Crippen LogP contribution in [0.1, 0.15) is 33.9 Å². The third kappa shape index (κ3) is 3.93. The van der Waals surface area contributed by atoms with Crippen molar-refractivity contribution < 1.29 is 4.79 Å². The van der Waals surface area contributed by atoms with Crippen LogP contribution in [0.15, 0.2) is 24.5 Å². The number of aryl methyl sites for hydroxylation is 1. The van der Waals surface area contributed by atoms with Gasteiger partial charge in [-0.3, -0.25) is 4.79 Å². The molecule has 0 spiro atoms. The molecule has 0 bridgehead atoms. The summed E-state index contributed by atoms with van der Waals surface area (Å²) in [4.78, 5) is 32.5. The molecular formula is C21H27N7O. The van der Waals surface area contributed by atoms with Gasteiger partial charge in [0.05, 0.1) is 17.4 Å². The molecule has 1 atom stereocenters. The lowest BCUT2D eigenvalue weighted by molar-refractivity contribution is 0.0815. The van der Waals surface area contributed by atoms with Gasteiger partial charge in [0.1, 0.15) is 5.82 Å². The second-order valence-corrected chi connectivity index (χ2v) is 7.85. The van der Waals surface area contributed by atoms with E-state index >= 15 is 0 Å². The fourth-order valence-corrected chi connectivity index (χ4v) is 3.69. The Hall–Kier alpha value is -3.00.